The van der Waals surface area contributed by atoms with Crippen LogP contribution in [0, 0.1) is 0 Å². The molecule has 0 aliphatic carbocycles. The van der Waals surface area contributed by atoms with E-state index in [1.54, 1.807) is 30.5 Å². The van der Waals surface area contributed by atoms with Gasteiger partial charge in [0, 0.05) is 10.9 Å². The van der Waals surface area contributed by atoms with Crippen LogP contribution in [-0.4, -0.2) is 30.1 Å². The average molecular weight is 348 g/mol. The van der Waals surface area contributed by atoms with E-state index in [0.717, 1.165) is 6.42 Å². The van der Waals surface area contributed by atoms with Gasteiger partial charge >= 0.3 is 5.97 Å². The molecule has 0 atom stereocenters. The minimum atomic E-state index is -0.452. The Morgan fingerprint density at radius 3 is 2.88 bits per heavy atom. The van der Waals surface area contributed by atoms with Gasteiger partial charge < -0.3 is 14.8 Å². The number of hydrogen-bond acceptors (Lipinski definition) is 6. The lowest BCUT2D eigenvalue weighted by molar-refractivity contribution is 0.0520. The van der Waals surface area contributed by atoms with E-state index in [0.29, 0.717) is 29.5 Å². The molecule has 1 aromatic carbocycles. The van der Waals surface area contributed by atoms with Crippen LogP contribution in [0.25, 0.3) is 0 Å². The Morgan fingerprint density at radius 1 is 1.29 bits per heavy atom. The van der Waals surface area contributed by atoms with Crippen molar-refractivity contribution in [2.45, 2.75) is 26.8 Å². The molecule has 24 heavy (non-hydrogen) atoms. The maximum absolute atomic E-state index is 12.2. The van der Waals surface area contributed by atoms with Gasteiger partial charge in [0.15, 0.2) is 5.69 Å². The summed E-state index contributed by atoms with van der Waals surface area (Å²) in [5, 5.41) is 5.05. The molecule has 1 aromatic heterocycles. The Morgan fingerprint density at radius 2 is 2.12 bits per heavy atom. The zero-order valence-corrected chi connectivity index (χ0v) is 14.5. The Balaban J connectivity index is 1.92. The lowest BCUT2D eigenvalue weighted by Crippen LogP contribution is -2.22. The van der Waals surface area contributed by atoms with Crippen molar-refractivity contribution < 1.29 is 19.1 Å². The highest BCUT2D eigenvalue weighted by Crippen LogP contribution is 2.14. The summed E-state index contributed by atoms with van der Waals surface area (Å²) in [5.74, 6) is 0.000259. The van der Waals surface area contributed by atoms with Crippen LogP contribution in [0.3, 0.4) is 0 Å². The maximum Gasteiger partial charge on any atom is 0.357 e. The second-order valence-electron chi connectivity index (χ2n) is 4.91. The van der Waals surface area contributed by atoms with Crippen molar-refractivity contribution in [2.75, 3.05) is 13.2 Å². The lowest BCUT2D eigenvalue weighted by Gasteiger charge is -2.07. The molecule has 128 valence electrons. The largest absolute Gasteiger partial charge is 0.494 e. The van der Waals surface area contributed by atoms with E-state index in [-0.39, 0.29) is 18.1 Å². The van der Waals surface area contributed by atoms with Gasteiger partial charge in [-0.1, -0.05) is 13.0 Å². The van der Waals surface area contributed by atoms with Crippen molar-refractivity contribution in [3.8, 4) is 5.75 Å². The molecule has 0 aliphatic heterocycles. The van der Waals surface area contributed by atoms with Crippen molar-refractivity contribution in [1.82, 2.24) is 10.3 Å². The topological polar surface area (TPSA) is 77.5 Å². The summed E-state index contributed by atoms with van der Waals surface area (Å²) >= 11 is 1.30. The van der Waals surface area contributed by atoms with E-state index in [1.165, 1.54) is 11.3 Å². The fourth-order valence-corrected chi connectivity index (χ4v) is 2.60. The number of esters is 1. The first kappa shape index (κ1) is 17.9. The highest BCUT2D eigenvalue weighted by Gasteiger charge is 2.13. The van der Waals surface area contributed by atoms with Crippen molar-refractivity contribution in [1.29, 1.82) is 0 Å². The van der Waals surface area contributed by atoms with Crippen molar-refractivity contribution >= 4 is 23.2 Å². The third-order valence-corrected chi connectivity index (χ3v) is 3.85. The molecule has 2 aromatic rings. The van der Waals surface area contributed by atoms with Gasteiger partial charge in [0.05, 0.1) is 19.8 Å². The van der Waals surface area contributed by atoms with Crippen LogP contribution in [0.2, 0.25) is 0 Å². The van der Waals surface area contributed by atoms with Gasteiger partial charge in [-0.3, -0.25) is 4.79 Å². The summed E-state index contributed by atoms with van der Waals surface area (Å²) in [7, 11) is 0. The smallest absolute Gasteiger partial charge is 0.357 e. The van der Waals surface area contributed by atoms with E-state index in [4.69, 9.17) is 9.47 Å². The summed E-state index contributed by atoms with van der Waals surface area (Å²) in [6, 6.07) is 7.03. The predicted octanol–water partition coefficient (Wildman–Crippen LogP) is 3.04. The Hall–Kier alpha value is -2.41. The zero-order chi connectivity index (χ0) is 17.4. The molecule has 1 amide bonds. The minimum absolute atomic E-state index is 0.218. The molecule has 6 nitrogen and oxygen atoms in total. The van der Waals surface area contributed by atoms with E-state index in [9.17, 15) is 9.59 Å². The Bertz CT molecular complexity index is 699. The molecule has 2 rings (SSSR count). The first-order valence-electron chi connectivity index (χ1n) is 7.76. The van der Waals surface area contributed by atoms with Crippen LogP contribution < -0.4 is 10.1 Å². The number of hydrogen-bond donors (Lipinski definition) is 1. The Labute approximate surface area is 144 Å². The van der Waals surface area contributed by atoms with Crippen molar-refractivity contribution in [3.63, 3.8) is 0 Å². The second-order valence-corrected chi connectivity index (χ2v) is 5.85. The van der Waals surface area contributed by atoms with Gasteiger partial charge in [0.25, 0.3) is 5.91 Å². The molecule has 0 saturated heterocycles. The molecule has 0 bridgehead atoms. The molecule has 0 radical (unpaired) electrons. The molecule has 1 heterocycles. The third kappa shape index (κ3) is 5.06. The summed E-state index contributed by atoms with van der Waals surface area (Å²) < 4.78 is 10.4. The van der Waals surface area contributed by atoms with Crippen LogP contribution in [0.5, 0.6) is 5.75 Å². The van der Waals surface area contributed by atoms with E-state index in [1.807, 2.05) is 13.0 Å². The van der Waals surface area contributed by atoms with E-state index in [2.05, 4.69) is 10.3 Å². The monoisotopic (exact) mass is 348 g/mol. The highest BCUT2D eigenvalue weighted by molar-refractivity contribution is 7.09. The van der Waals surface area contributed by atoms with Crippen LogP contribution >= 0.6 is 11.3 Å². The van der Waals surface area contributed by atoms with Gasteiger partial charge in [0.2, 0.25) is 0 Å². The zero-order valence-electron chi connectivity index (χ0n) is 13.7. The van der Waals surface area contributed by atoms with E-state index < -0.39 is 5.97 Å². The fraction of sp³-hybridized carbons (Fsp3) is 0.353. The first-order valence-corrected chi connectivity index (χ1v) is 8.64. The maximum atomic E-state index is 12.2. The van der Waals surface area contributed by atoms with E-state index >= 15 is 0 Å². The standard InChI is InChI=1S/C17H20N2O4S/c1-3-8-23-13-7-5-6-12(9-13)16(20)18-10-15-19-14(11-24-15)17(21)22-4-2/h5-7,9,11H,3-4,8,10H2,1-2H3,(H,18,20). The van der Waals surface area contributed by atoms with Crippen LogP contribution in [0.15, 0.2) is 29.6 Å². The average Bonchev–Trinajstić information content (AvgIpc) is 3.07. The molecule has 7 heteroatoms. The molecule has 1 N–H and O–H groups in total. The lowest BCUT2D eigenvalue weighted by atomic mass is 10.2. The van der Waals surface area contributed by atoms with Gasteiger partial charge in [0.1, 0.15) is 10.8 Å². The highest BCUT2D eigenvalue weighted by atomic mass is 32.1. The van der Waals surface area contributed by atoms with Crippen molar-refractivity contribution in [2.24, 2.45) is 0 Å². The quantitative estimate of drug-likeness (QED) is 0.742. The first-order chi connectivity index (χ1) is 11.6. The van der Waals surface area contributed by atoms with Crippen LogP contribution in [0.1, 0.15) is 46.1 Å². The summed E-state index contributed by atoms with van der Waals surface area (Å²) in [5.41, 5.74) is 0.784. The number of carbonyl (C=O) groups excluding carboxylic acids is 2. The number of nitrogens with zero attached hydrogens (tertiary/aromatic N) is 1. The number of aromatic nitrogens is 1. The predicted molar refractivity (Wildman–Crippen MR) is 91.5 cm³/mol. The SMILES string of the molecule is CCCOc1cccc(C(=O)NCc2nc(C(=O)OCC)cs2)c1. The van der Waals surface area contributed by atoms with Crippen molar-refractivity contribution in [3.05, 3.63) is 45.9 Å². The van der Waals surface area contributed by atoms with Gasteiger partial charge in [-0.05, 0) is 31.5 Å². The molecule has 0 spiro atoms. The molecule has 0 aliphatic rings. The third-order valence-electron chi connectivity index (χ3n) is 3.01. The van der Waals surface area contributed by atoms with Gasteiger partial charge in [-0.25, -0.2) is 9.78 Å². The number of rotatable bonds is 8. The minimum Gasteiger partial charge on any atom is -0.494 e. The van der Waals surface area contributed by atoms with Gasteiger partial charge in [-0.2, -0.15) is 0 Å². The summed E-state index contributed by atoms with van der Waals surface area (Å²) in [6.45, 7) is 4.93. The molecule has 0 unspecified atom stereocenters. The molecular weight excluding hydrogens is 328 g/mol. The summed E-state index contributed by atoms with van der Waals surface area (Å²) in [6.07, 6.45) is 0.906. The number of thiazole rings is 1. The normalized spacial score (nSPS) is 10.2. The van der Waals surface area contributed by atoms with Gasteiger partial charge in [-0.15, -0.1) is 11.3 Å². The van der Waals surface area contributed by atoms with Crippen LogP contribution in [0.4, 0.5) is 0 Å². The molecule has 0 fully saturated rings. The van der Waals surface area contributed by atoms with Crippen LogP contribution in [-0.2, 0) is 11.3 Å². The Kier molecular flexibility index (Phi) is 6.74. The molecule has 0 saturated carbocycles. The fourth-order valence-electron chi connectivity index (χ4n) is 1.90. The number of amides is 1. The number of ether oxygens (including phenoxy) is 2. The second kappa shape index (κ2) is 9.02. The number of benzene rings is 1. The number of nitrogens with one attached hydrogen (secondary N) is 1. The molecular formula is C17H20N2O4S. The summed E-state index contributed by atoms with van der Waals surface area (Å²) in [4.78, 5) is 27.9. The number of carbonyl (C=O) groups is 2.